The SMILES string of the molecule is CCCCC=CCCCCCCCC(=O)OC[C@H](COP(=O)(O)OC[C@H](N)C(=O)O)OC(=O)CCCCCCCC=CCCCC. The quantitative estimate of drug-likeness (QED) is 0.0273. The molecule has 268 valence electrons. The third kappa shape index (κ3) is 29.4. The number of nitrogens with two attached hydrogens (primary N) is 1. The predicted octanol–water partition coefficient (Wildman–Crippen LogP) is 7.94. The first-order valence-electron chi connectivity index (χ1n) is 17.4. The number of carbonyl (C=O) groups is 3. The Labute approximate surface area is 277 Å². The molecule has 0 bridgehead atoms. The van der Waals surface area contributed by atoms with E-state index < -0.39 is 51.1 Å². The molecule has 12 heteroatoms. The molecule has 0 aromatic rings. The average Bonchev–Trinajstić information content (AvgIpc) is 3.02. The summed E-state index contributed by atoms with van der Waals surface area (Å²) in [5, 5.41) is 8.83. The molecule has 1 unspecified atom stereocenters. The number of carboxylic acid groups (broad SMARTS) is 1. The molecule has 0 rings (SSSR count). The van der Waals surface area contributed by atoms with Gasteiger partial charge in [0.1, 0.15) is 12.6 Å². The highest BCUT2D eigenvalue weighted by atomic mass is 31.2. The lowest BCUT2D eigenvalue weighted by Crippen LogP contribution is -2.34. The Hall–Kier alpha value is -2.04. The van der Waals surface area contributed by atoms with Crippen LogP contribution in [0.15, 0.2) is 24.3 Å². The molecule has 0 spiro atoms. The van der Waals surface area contributed by atoms with Crippen molar-refractivity contribution in [2.45, 2.75) is 154 Å². The minimum Gasteiger partial charge on any atom is -0.480 e. The van der Waals surface area contributed by atoms with Crippen molar-refractivity contribution in [2.24, 2.45) is 5.73 Å². The fourth-order valence-electron chi connectivity index (χ4n) is 4.32. The molecule has 4 N–H and O–H groups in total. The second-order valence-electron chi connectivity index (χ2n) is 11.6. The smallest absolute Gasteiger partial charge is 0.472 e. The van der Waals surface area contributed by atoms with Gasteiger partial charge in [0.15, 0.2) is 6.10 Å². The Bertz CT molecular complexity index is 895. The summed E-state index contributed by atoms with van der Waals surface area (Å²) in [6.07, 6.45) is 26.9. The van der Waals surface area contributed by atoms with E-state index in [-0.39, 0.29) is 19.4 Å². The monoisotopic (exact) mass is 675 g/mol. The number of carboxylic acids is 1. The maximum Gasteiger partial charge on any atom is 0.472 e. The van der Waals surface area contributed by atoms with Gasteiger partial charge in [-0.2, -0.15) is 0 Å². The van der Waals surface area contributed by atoms with Gasteiger partial charge in [0.25, 0.3) is 0 Å². The number of phosphoric ester groups is 1. The molecule has 0 aromatic heterocycles. The van der Waals surface area contributed by atoms with Gasteiger partial charge in [0.05, 0.1) is 13.2 Å². The lowest BCUT2D eigenvalue weighted by Gasteiger charge is -2.20. The minimum atomic E-state index is -4.70. The van der Waals surface area contributed by atoms with Gasteiger partial charge in [-0.05, 0) is 51.4 Å². The van der Waals surface area contributed by atoms with Gasteiger partial charge in [0.2, 0.25) is 0 Å². The first kappa shape index (κ1) is 44.0. The van der Waals surface area contributed by atoms with Crippen LogP contribution in [0.4, 0.5) is 0 Å². The van der Waals surface area contributed by atoms with Crippen LogP contribution in [0.5, 0.6) is 0 Å². The van der Waals surface area contributed by atoms with Crippen LogP contribution in [-0.4, -0.2) is 59.9 Å². The molecule has 0 aliphatic carbocycles. The van der Waals surface area contributed by atoms with Crippen molar-refractivity contribution in [2.75, 3.05) is 19.8 Å². The molecule has 0 saturated heterocycles. The van der Waals surface area contributed by atoms with Gasteiger partial charge in [-0.3, -0.25) is 23.4 Å². The van der Waals surface area contributed by atoms with Gasteiger partial charge >= 0.3 is 25.7 Å². The van der Waals surface area contributed by atoms with Crippen LogP contribution >= 0.6 is 7.82 Å². The van der Waals surface area contributed by atoms with Gasteiger partial charge in [0, 0.05) is 12.8 Å². The van der Waals surface area contributed by atoms with E-state index in [1.165, 1.54) is 25.7 Å². The van der Waals surface area contributed by atoms with E-state index in [0.29, 0.717) is 12.8 Å². The first-order chi connectivity index (χ1) is 22.1. The molecular weight excluding hydrogens is 613 g/mol. The Morgan fingerprint density at radius 3 is 1.59 bits per heavy atom. The van der Waals surface area contributed by atoms with Crippen molar-refractivity contribution < 1.29 is 47.5 Å². The van der Waals surface area contributed by atoms with E-state index in [0.717, 1.165) is 77.0 Å². The second-order valence-corrected chi connectivity index (χ2v) is 13.1. The Morgan fingerprint density at radius 2 is 1.09 bits per heavy atom. The summed E-state index contributed by atoms with van der Waals surface area (Å²) in [6, 6.07) is -1.52. The molecule has 0 radical (unpaired) electrons. The fourth-order valence-corrected chi connectivity index (χ4v) is 5.10. The van der Waals surface area contributed by atoms with Gasteiger partial charge < -0.3 is 25.2 Å². The Balaban J connectivity index is 4.53. The minimum absolute atomic E-state index is 0.149. The van der Waals surface area contributed by atoms with Crippen molar-refractivity contribution in [3.63, 3.8) is 0 Å². The highest BCUT2D eigenvalue weighted by Crippen LogP contribution is 2.43. The number of unbranched alkanes of at least 4 members (excludes halogenated alkanes) is 14. The van der Waals surface area contributed by atoms with E-state index in [4.69, 9.17) is 24.8 Å². The largest absolute Gasteiger partial charge is 0.480 e. The average molecular weight is 676 g/mol. The maximum atomic E-state index is 12.5. The number of esters is 2. The van der Waals surface area contributed by atoms with Crippen LogP contribution in [0, 0.1) is 0 Å². The lowest BCUT2D eigenvalue weighted by atomic mass is 10.1. The van der Waals surface area contributed by atoms with Crippen LogP contribution in [0.2, 0.25) is 0 Å². The summed E-state index contributed by atoms with van der Waals surface area (Å²) in [7, 11) is -4.70. The summed E-state index contributed by atoms with van der Waals surface area (Å²) in [5.41, 5.74) is 5.30. The number of aliphatic carboxylic acids is 1. The van der Waals surface area contributed by atoms with E-state index in [1.807, 2.05) is 0 Å². The van der Waals surface area contributed by atoms with Gasteiger partial charge in [-0.25, -0.2) is 4.57 Å². The number of ether oxygens (including phenoxy) is 2. The van der Waals surface area contributed by atoms with Crippen LogP contribution in [0.1, 0.15) is 142 Å². The summed E-state index contributed by atoms with van der Waals surface area (Å²) in [6.45, 7) is 2.66. The number of hydrogen-bond donors (Lipinski definition) is 3. The zero-order valence-electron chi connectivity index (χ0n) is 28.4. The molecule has 3 atom stereocenters. The van der Waals surface area contributed by atoms with E-state index in [9.17, 15) is 23.8 Å². The summed E-state index contributed by atoms with van der Waals surface area (Å²) in [5.74, 6) is -2.41. The third-order valence-corrected chi connectivity index (χ3v) is 8.12. The van der Waals surface area contributed by atoms with Crippen LogP contribution < -0.4 is 5.73 Å². The molecule has 0 heterocycles. The Morgan fingerprint density at radius 1 is 0.652 bits per heavy atom. The molecule has 0 aliphatic rings. The van der Waals surface area contributed by atoms with Gasteiger partial charge in [-0.1, -0.05) is 102 Å². The van der Waals surface area contributed by atoms with Crippen molar-refractivity contribution in [1.82, 2.24) is 0 Å². The normalized spacial score (nSPS) is 14.3. The van der Waals surface area contributed by atoms with E-state index in [1.54, 1.807) is 0 Å². The highest BCUT2D eigenvalue weighted by Gasteiger charge is 2.28. The number of allylic oxidation sites excluding steroid dienone is 4. The van der Waals surface area contributed by atoms with Crippen molar-refractivity contribution in [1.29, 1.82) is 0 Å². The number of hydrogen-bond acceptors (Lipinski definition) is 9. The van der Waals surface area contributed by atoms with Crippen LogP contribution in [0.25, 0.3) is 0 Å². The van der Waals surface area contributed by atoms with Gasteiger partial charge in [-0.15, -0.1) is 0 Å². The fraction of sp³-hybridized carbons (Fsp3) is 0.794. The summed E-state index contributed by atoms with van der Waals surface area (Å²) >= 11 is 0. The molecule has 0 aromatic carbocycles. The number of carbonyl (C=O) groups excluding carboxylic acids is 2. The zero-order chi connectivity index (χ0) is 34.3. The number of phosphoric acid groups is 1. The highest BCUT2D eigenvalue weighted by molar-refractivity contribution is 7.47. The molecule has 0 saturated carbocycles. The van der Waals surface area contributed by atoms with E-state index in [2.05, 4.69) is 42.7 Å². The molecule has 11 nitrogen and oxygen atoms in total. The molecular formula is C34H62NO10P. The molecule has 46 heavy (non-hydrogen) atoms. The third-order valence-electron chi connectivity index (χ3n) is 7.17. The van der Waals surface area contributed by atoms with Crippen LogP contribution in [-0.2, 0) is 37.5 Å². The summed E-state index contributed by atoms with van der Waals surface area (Å²) < 4.78 is 32.4. The molecule has 0 aliphatic heterocycles. The predicted molar refractivity (Wildman–Crippen MR) is 180 cm³/mol. The topological polar surface area (TPSA) is 172 Å². The van der Waals surface area contributed by atoms with Crippen molar-refractivity contribution in [3.8, 4) is 0 Å². The molecule has 0 amide bonds. The first-order valence-corrected chi connectivity index (χ1v) is 18.9. The standard InChI is InChI=1S/C34H62NO10P/c1-3-5-7-9-11-13-15-17-19-21-23-25-32(36)42-27-30(28-43-46(40,41)44-29-31(35)34(38)39)45-33(37)26-24-22-20-18-16-14-12-10-8-6-4-2/h9-12,30-31H,3-8,13-29,35H2,1-2H3,(H,38,39)(H,40,41)/t30-,31+/m1/s1. The Kier molecular flexibility index (Phi) is 29.0. The number of rotatable bonds is 32. The van der Waals surface area contributed by atoms with Crippen LogP contribution in [0.3, 0.4) is 0 Å². The lowest BCUT2D eigenvalue weighted by molar-refractivity contribution is -0.161. The summed E-state index contributed by atoms with van der Waals surface area (Å²) in [4.78, 5) is 45.5. The zero-order valence-corrected chi connectivity index (χ0v) is 29.3. The van der Waals surface area contributed by atoms with Crippen molar-refractivity contribution in [3.05, 3.63) is 24.3 Å². The maximum absolute atomic E-state index is 12.5. The van der Waals surface area contributed by atoms with Crippen molar-refractivity contribution >= 4 is 25.7 Å². The second kappa shape index (κ2) is 30.3. The molecule has 0 fully saturated rings. The van der Waals surface area contributed by atoms with E-state index >= 15 is 0 Å².